The summed E-state index contributed by atoms with van der Waals surface area (Å²) >= 11 is 1.25. The number of nitro groups is 1. The zero-order chi connectivity index (χ0) is 20.1. The number of ether oxygens (including phenoxy) is 1. The molecule has 3 rings (SSSR count). The Hall–Kier alpha value is -3.40. The number of amides is 2. The molecular formula is C18H15N3O6S. The molecule has 0 aliphatic carbocycles. The highest BCUT2D eigenvalue weighted by atomic mass is 32.2. The molecule has 0 unspecified atom stereocenters. The fourth-order valence-corrected chi connectivity index (χ4v) is 3.60. The van der Waals surface area contributed by atoms with E-state index in [0.717, 1.165) is 4.90 Å². The maximum Gasteiger partial charge on any atom is 0.307 e. The number of anilines is 2. The van der Waals surface area contributed by atoms with E-state index >= 15 is 0 Å². The number of para-hydroxylation sites is 3. The Morgan fingerprint density at radius 1 is 1.18 bits per heavy atom. The minimum atomic E-state index is -0.718. The van der Waals surface area contributed by atoms with Crippen LogP contribution in [-0.2, 0) is 19.1 Å². The highest BCUT2D eigenvalue weighted by molar-refractivity contribution is 8.01. The zero-order valence-corrected chi connectivity index (χ0v) is 15.2. The van der Waals surface area contributed by atoms with E-state index in [-0.39, 0.29) is 23.7 Å². The molecule has 0 radical (unpaired) electrons. The summed E-state index contributed by atoms with van der Waals surface area (Å²) in [6.45, 7) is -0.611. The number of nitrogens with zero attached hydrogens (tertiary/aromatic N) is 1. The second-order valence-corrected chi connectivity index (χ2v) is 7.02. The molecule has 0 bridgehead atoms. The summed E-state index contributed by atoms with van der Waals surface area (Å²) < 4.78 is 4.90. The number of esters is 1. The average Bonchev–Trinajstić information content (AvgIpc) is 2.67. The van der Waals surface area contributed by atoms with Gasteiger partial charge in [0, 0.05) is 11.0 Å². The summed E-state index contributed by atoms with van der Waals surface area (Å²) in [5.74, 6) is -1.75. The molecule has 9 nitrogen and oxygen atoms in total. The Morgan fingerprint density at radius 2 is 1.89 bits per heavy atom. The minimum absolute atomic E-state index is 0.00682. The Kier molecular flexibility index (Phi) is 5.90. The summed E-state index contributed by atoms with van der Waals surface area (Å²) in [6.07, 6.45) is -0.205. The summed E-state index contributed by atoms with van der Waals surface area (Å²) in [6, 6.07) is 12.8. The van der Waals surface area contributed by atoms with Gasteiger partial charge in [-0.15, -0.1) is 11.8 Å². The number of hydrogen-bond donors (Lipinski definition) is 2. The van der Waals surface area contributed by atoms with Crippen LogP contribution >= 0.6 is 11.8 Å². The molecule has 0 spiro atoms. The van der Waals surface area contributed by atoms with Gasteiger partial charge >= 0.3 is 5.97 Å². The predicted molar refractivity (Wildman–Crippen MR) is 102 cm³/mol. The van der Waals surface area contributed by atoms with E-state index in [4.69, 9.17) is 4.74 Å². The van der Waals surface area contributed by atoms with Gasteiger partial charge in [0.15, 0.2) is 6.61 Å². The SMILES string of the molecule is O=C(COC(=O)C[C@H]1Sc2ccccc2NC1=O)Nc1ccccc1[N+](=O)[O-]. The number of thioether (sulfide) groups is 1. The molecule has 1 aliphatic rings. The van der Waals surface area contributed by atoms with Crippen LogP contribution in [0.5, 0.6) is 0 Å². The lowest BCUT2D eigenvalue weighted by molar-refractivity contribution is -0.383. The zero-order valence-electron chi connectivity index (χ0n) is 14.4. The fraction of sp³-hybridized carbons (Fsp3) is 0.167. The highest BCUT2D eigenvalue weighted by Crippen LogP contribution is 2.36. The average molecular weight is 401 g/mol. The van der Waals surface area contributed by atoms with E-state index in [1.165, 1.54) is 36.0 Å². The molecule has 0 aromatic heterocycles. The van der Waals surface area contributed by atoms with E-state index < -0.39 is 28.7 Å². The van der Waals surface area contributed by atoms with Crippen molar-refractivity contribution in [3.8, 4) is 0 Å². The van der Waals surface area contributed by atoms with Gasteiger partial charge in [-0.05, 0) is 18.2 Å². The molecule has 2 amide bonds. The van der Waals surface area contributed by atoms with Gasteiger partial charge in [-0.25, -0.2) is 0 Å². The van der Waals surface area contributed by atoms with Crippen LogP contribution in [0.1, 0.15) is 6.42 Å². The van der Waals surface area contributed by atoms with E-state index in [1.807, 2.05) is 12.1 Å². The van der Waals surface area contributed by atoms with Crippen molar-refractivity contribution in [3.05, 3.63) is 58.6 Å². The van der Waals surface area contributed by atoms with Crippen molar-refractivity contribution < 1.29 is 24.0 Å². The lowest BCUT2D eigenvalue weighted by Crippen LogP contribution is -2.32. The lowest BCUT2D eigenvalue weighted by Gasteiger charge is -2.23. The first-order valence-corrected chi connectivity index (χ1v) is 9.07. The number of rotatable bonds is 6. The standard InChI is InChI=1S/C18H15N3O6S/c22-16(19-11-5-1-3-7-13(11)21(25)26)10-27-17(23)9-15-18(24)20-12-6-2-4-8-14(12)28-15/h1-8,15H,9-10H2,(H,19,22)(H,20,24)/t15-/m1/s1. The quantitative estimate of drug-likeness (QED) is 0.432. The second kappa shape index (κ2) is 8.53. The Labute approximate surface area is 163 Å². The number of hydrogen-bond acceptors (Lipinski definition) is 7. The minimum Gasteiger partial charge on any atom is -0.456 e. The van der Waals surface area contributed by atoms with Crippen molar-refractivity contribution in [1.29, 1.82) is 0 Å². The number of carbonyl (C=O) groups excluding carboxylic acids is 3. The molecule has 0 saturated carbocycles. The maximum atomic E-state index is 12.1. The third-order valence-electron chi connectivity index (χ3n) is 3.80. The molecule has 0 fully saturated rings. The van der Waals surface area contributed by atoms with Gasteiger partial charge in [0.1, 0.15) is 5.69 Å². The first-order valence-electron chi connectivity index (χ1n) is 8.19. The van der Waals surface area contributed by atoms with Crippen LogP contribution < -0.4 is 10.6 Å². The summed E-state index contributed by atoms with van der Waals surface area (Å²) in [7, 11) is 0. The summed E-state index contributed by atoms with van der Waals surface area (Å²) in [5, 5.41) is 15.3. The molecular weight excluding hydrogens is 386 g/mol. The van der Waals surface area contributed by atoms with Crippen LogP contribution in [0.25, 0.3) is 0 Å². The fourth-order valence-electron chi connectivity index (χ4n) is 2.51. The van der Waals surface area contributed by atoms with Crippen LogP contribution in [0.3, 0.4) is 0 Å². The van der Waals surface area contributed by atoms with Gasteiger partial charge < -0.3 is 15.4 Å². The van der Waals surface area contributed by atoms with Gasteiger partial charge in [0.2, 0.25) is 5.91 Å². The predicted octanol–water partition coefficient (Wildman–Crippen LogP) is 2.58. The van der Waals surface area contributed by atoms with Crippen molar-refractivity contribution in [2.24, 2.45) is 0 Å². The molecule has 10 heteroatoms. The summed E-state index contributed by atoms with van der Waals surface area (Å²) in [5.41, 5.74) is 0.425. The molecule has 0 saturated heterocycles. The lowest BCUT2D eigenvalue weighted by atomic mass is 10.2. The van der Waals surface area contributed by atoms with Gasteiger partial charge in [0.05, 0.1) is 22.3 Å². The van der Waals surface area contributed by atoms with E-state index in [9.17, 15) is 24.5 Å². The third kappa shape index (κ3) is 4.65. The van der Waals surface area contributed by atoms with Gasteiger partial charge in [0.25, 0.3) is 11.6 Å². The molecule has 1 heterocycles. The van der Waals surface area contributed by atoms with Crippen LogP contribution in [0.15, 0.2) is 53.4 Å². The molecule has 28 heavy (non-hydrogen) atoms. The van der Waals surface area contributed by atoms with E-state index in [1.54, 1.807) is 12.1 Å². The normalized spacial score (nSPS) is 15.1. The van der Waals surface area contributed by atoms with Crippen LogP contribution in [0, 0.1) is 10.1 Å². The van der Waals surface area contributed by atoms with Crippen LogP contribution in [0.2, 0.25) is 0 Å². The Morgan fingerprint density at radius 3 is 2.68 bits per heavy atom. The van der Waals surface area contributed by atoms with E-state index in [2.05, 4.69) is 10.6 Å². The van der Waals surface area contributed by atoms with Crippen molar-refractivity contribution >= 4 is 46.6 Å². The number of carbonyl (C=O) groups is 3. The van der Waals surface area contributed by atoms with E-state index in [0.29, 0.717) is 5.69 Å². The summed E-state index contributed by atoms with van der Waals surface area (Å²) in [4.78, 5) is 47.2. The topological polar surface area (TPSA) is 128 Å². The van der Waals surface area contributed by atoms with Crippen molar-refractivity contribution in [1.82, 2.24) is 0 Å². The maximum absolute atomic E-state index is 12.1. The molecule has 2 aromatic rings. The monoisotopic (exact) mass is 401 g/mol. The molecule has 2 N–H and O–H groups in total. The number of benzene rings is 2. The number of nitrogens with one attached hydrogen (secondary N) is 2. The number of fused-ring (bicyclic) bond motifs is 1. The van der Waals surface area contributed by atoms with Gasteiger partial charge in [-0.1, -0.05) is 24.3 Å². The smallest absolute Gasteiger partial charge is 0.307 e. The second-order valence-electron chi connectivity index (χ2n) is 5.78. The first kappa shape index (κ1) is 19.4. The molecule has 1 atom stereocenters. The highest BCUT2D eigenvalue weighted by Gasteiger charge is 2.29. The largest absolute Gasteiger partial charge is 0.456 e. The molecule has 2 aromatic carbocycles. The van der Waals surface area contributed by atoms with Crippen molar-refractivity contribution in [3.63, 3.8) is 0 Å². The Bertz CT molecular complexity index is 948. The van der Waals surface area contributed by atoms with Crippen molar-refractivity contribution in [2.75, 3.05) is 17.2 Å². The van der Waals surface area contributed by atoms with Gasteiger partial charge in [-0.2, -0.15) is 0 Å². The van der Waals surface area contributed by atoms with Gasteiger partial charge in [-0.3, -0.25) is 24.5 Å². The van der Waals surface area contributed by atoms with Crippen LogP contribution in [-0.4, -0.2) is 34.6 Å². The molecule has 144 valence electrons. The first-order chi connectivity index (χ1) is 13.4. The van der Waals surface area contributed by atoms with Crippen molar-refractivity contribution in [2.45, 2.75) is 16.6 Å². The number of nitro benzene ring substituents is 1. The molecule has 1 aliphatic heterocycles. The third-order valence-corrected chi connectivity index (χ3v) is 5.07. The Balaban J connectivity index is 1.51. The van der Waals surface area contributed by atoms with Crippen LogP contribution in [0.4, 0.5) is 17.1 Å².